The first-order valence-corrected chi connectivity index (χ1v) is 11.6. The van der Waals surface area contributed by atoms with Gasteiger partial charge in [0.2, 0.25) is 0 Å². The van der Waals surface area contributed by atoms with Crippen molar-refractivity contribution in [2.75, 3.05) is 27.4 Å². The number of nitrogens with one attached hydrogen (secondary N) is 1. The molecule has 2 rings (SSSR count). The van der Waals surface area contributed by atoms with E-state index in [2.05, 4.69) is 30.5 Å². The van der Waals surface area contributed by atoms with Crippen LogP contribution in [0.15, 0.2) is 0 Å². The van der Waals surface area contributed by atoms with E-state index < -0.39 is 8.48 Å². The Morgan fingerprint density at radius 1 is 0.952 bits per heavy atom. The monoisotopic (exact) mass is 312 g/mol. The summed E-state index contributed by atoms with van der Waals surface area (Å²) in [7, 11) is 2.50. The average molecular weight is 313 g/mol. The first-order chi connectivity index (χ1) is 10.1. The van der Waals surface area contributed by atoms with Crippen LogP contribution in [0.3, 0.4) is 0 Å². The summed E-state index contributed by atoms with van der Waals surface area (Å²) >= 11 is 0. The minimum atomic E-state index is -1.79. The average Bonchev–Trinajstić information content (AvgIpc) is 2.53. The summed E-state index contributed by atoms with van der Waals surface area (Å²) in [5.74, 6) is 0.829. The largest absolute Gasteiger partial charge is 0.403 e. The van der Waals surface area contributed by atoms with Crippen LogP contribution in [0.1, 0.15) is 64.2 Å². The molecule has 2 saturated carbocycles. The highest BCUT2D eigenvalue weighted by Crippen LogP contribution is 2.37. The van der Waals surface area contributed by atoms with Gasteiger partial charge in [0.05, 0.1) is 0 Å². The van der Waals surface area contributed by atoms with Crippen molar-refractivity contribution in [2.24, 2.45) is 5.92 Å². The van der Waals surface area contributed by atoms with E-state index in [1.165, 1.54) is 64.2 Å². The molecule has 2 fully saturated rings. The van der Waals surface area contributed by atoms with Crippen LogP contribution in [-0.4, -0.2) is 40.7 Å². The normalized spacial score (nSPS) is 25.1. The van der Waals surface area contributed by atoms with Crippen LogP contribution in [0.4, 0.5) is 0 Å². The second kappa shape index (κ2) is 8.66. The molecule has 0 aliphatic heterocycles. The second-order valence-electron chi connectivity index (χ2n) is 7.67. The predicted molar refractivity (Wildman–Crippen MR) is 92.7 cm³/mol. The van der Waals surface area contributed by atoms with Crippen molar-refractivity contribution in [3.8, 4) is 0 Å². The SMILES string of the molecule is CN(C)CN[Si](C)(OCC1CCCCC1)C1CCCCC1. The van der Waals surface area contributed by atoms with Gasteiger partial charge >= 0.3 is 0 Å². The summed E-state index contributed by atoms with van der Waals surface area (Å²) in [4.78, 5) is 6.08. The fraction of sp³-hybridized carbons (Fsp3) is 1.00. The van der Waals surface area contributed by atoms with E-state index in [-0.39, 0.29) is 0 Å². The lowest BCUT2D eigenvalue weighted by Gasteiger charge is -2.40. The first kappa shape index (κ1) is 17.5. The Hall–Kier alpha value is 0.0969. The summed E-state index contributed by atoms with van der Waals surface area (Å²) in [6, 6.07) is 0. The van der Waals surface area contributed by atoms with E-state index in [0.717, 1.165) is 24.7 Å². The molecule has 4 heteroatoms. The molecular weight excluding hydrogens is 276 g/mol. The van der Waals surface area contributed by atoms with Gasteiger partial charge in [-0.3, -0.25) is 4.90 Å². The van der Waals surface area contributed by atoms with Crippen LogP contribution in [0.2, 0.25) is 12.1 Å². The lowest BCUT2D eigenvalue weighted by atomic mass is 9.90. The Morgan fingerprint density at radius 2 is 1.52 bits per heavy atom. The van der Waals surface area contributed by atoms with Gasteiger partial charge in [0.1, 0.15) is 0 Å². The number of nitrogens with zero attached hydrogens (tertiary/aromatic N) is 1. The van der Waals surface area contributed by atoms with Gasteiger partial charge in [-0.2, -0.15) is 0 Å². The molecule has 2 aliphatic rings. The van der Waals surface area contributed by atoms with E-state index in [4.69, 9.17) is 4.43 Å². The molecule has 0 spiro atoms. The molecule has 1 N–H and O–H groups in total. The molecule has 21 heavy (non-hydrogen) atoms. The van der Waals surface area contributed by atoms with Crippen LogP contribution >= 0.6 is 0 Å². The molecule has 0 saturated heterocycles. The van der Waals surface area contributed by atoms with Crippen molar-refractivity contribution in [3.63, 3.8) is 0 Å². The molecule has 1 unspecified atom stereocenters. The fourth-order valence-electron chi connectivity index (χ4n) is 3.93. The summed E-state index contributed by atoms with van der Waals surface area (Å²) in [5.41, 5.74) is 0.815. The minimum Gasteiger partial charge on any atom is -0.403 e. The van der Waals surface area contributed by atoms with Gasteiger partial charge in [-0.1, -0.05) is 38.5 Å². The third-order valence-electron chi connectivity index (χ3n) is 5.47. The Balaban J connectivity index is 1.89. The van der Waals surface area contributed by atoms with Gasteiger partial charge in [-0.15, -0.1) is 0 Å². The summed E-state index contributed by atoms with van der Waals surface area (Å²) in [6.07, 6.45) is 14.1. The Labute approximate surface area is 133 Å². The predicted octanol–water partition coefficient (Wildman–Crippen LogP) is 4.10. The Bertz CT molecular complexity index is 289. The van der Waals surface area contributed by atoms with Gasteiger partial charge in [-0.25, -0.2) is 0 Å². The number of hydrogen-bond acceptors (Lipinski definition) is 3. The van der Waals surface area contributed by atoms with Crippen molar-refractivity contribution in [3.05, 3.63) is 0 Å². The Morgan fingerprint density at radius 3 is 2.10 bits per heavy atom. The van der Waals surface area contributed by atoms with E-state index in [1.807, 2.05) is 0 Å². The highest BCUT2D eigenvalue weighted by molar-refractivity contribution is 6.71. The molecule has 3 nitrogen and oxygen atoms in total. The van der Waals surface area contributed by atoms with Gasteiger partial charge in [0.15, 0.2) is 0 Å². The van der Waals surface area contributed by atoms with Crippen molar-refractivity contribution < 1.29 is 4.43 Å². The molecule has 0 aromatic heterocycles. The van der Waals surface area contributed by atoms with Crippen molar-refractivity contribution >= 4 is 8.48 Å². The van der Waals surface area contributed by atoms with E-state index in [9.17, 15) is 0 Å². The lowest BCUT2D eigenvalue weighted by molar-refractivity contribution is 0.184. The van der Waals surface area contributed by atoms with Crippen LogP contribution in [0.5, 0.6) is 0 Å². The maximum absolute atomic E-state index is 6.66. The number of hydrogen-bond donors (Lipinski definition) is 1. The molecule has 0 bridgehead atoms. The highest BCUT2D eigenvalue weighted by atomic mass is 28.4. The Kier molecular flexibility index (Phi) is 7.19. The third-order valence-corrected chi connectivity index (χ3v) is 9.24. The molecule has 1 atom stereocenters. The van der Waals surface area contributed by atoms with Crippen molar-refractivity contribution in [1.82, 2.24) is 9.88 Å². The zero-order valence-corrected chi connectivity index (χ0v) is 15.5. The molecule has 0 aromatic carbocycles. The molecular formula is C17H36N2OSi. The molecule has 0 heterocycles. The highest BCUT2D eigenvalue weighted by Gasteiger charge is 2.40. The maximum atomic E-state index is 6.66. The first-order valence-electron chi connectivity index (χ1n) is 9.14. The van der Waals surface area contributed by atoms with Gasteiger partial charge < -0.3 is 9.41 Å². The van der Waals surface area contributed by atoms with Gasteiger partial charge in [0, 0.05) is 13.3 Å². The molecule has 124 valence electrons. The fourth-order valence-corrected chi connectivity index (χ4v) is 7.28. The maximum Gasteiger partial charge on any atom is 0.269 e. The molecule has 0 aromatic rings. The zero-order valence-electron chi connectivity index (χ0n) is 14.5. The van der Waals surface area contributed by atoms with Crippen molar-refractivity contribution in [2.45, 2.75) is 76.3 Å². The second-order valence-corrected chi connectivity index (χ2v) is 11.3. The molecule has 0 amide bonds. The van der Waals surface area contributed by atoms with Crippen molar-refractivity contribution in [1.29, 1.82) is 0 Å². The van der Waals surface area contributed by atoms with Gasteiger partial charge in [0.25, 0.3) is 8.48 Å². The van der Waals surface area contributed by atoms with E-state index in [1.54, 1.807) is 0 Å². The minimum absolute atomic E-state index is 0.815. The van der Waals surface area contributed by atoms with Crippen LogP contribution < -0.4 is 4.98 Å². The summed E-state index contributed by atoms with van der Waals surface area (Å²) in [6.45, 7) is 4.42. The van der Waals surface area contributed by atoms with E-state index >= 15 is 0 Å². The smallest absolute Gasteiger partial charge is 0.269 e. The topological polar surface area (TPSA) is 24.5 Å². The molecule has 0 radical (unpaired) electrons. The summed E-state index contributed by atoms with van der Waals surface area (Å²) in [5, 5.41) is 0. The lowest BCUT2D eigenvalue weighted by Crippen LogP contribution is -2.57. The van der Waals surface area contributed by atoms with Gasteiger partial charge in [-0.05, 0) is 57.8 Å². The summed E-state index contributed by atoms with van der Waals surface area (Å²) < 4.78 is 6.66. The van der Waals surface area contributed by atoms with Crippen LogP contribution in [0.25, 0.3) is 0 Å². The zero-order chi connectivity index (χ0) is 15.1. The third kappa shape index (κ3) is 5.66. The quantitative estimate of drug-likeness (QED) is 0.566. The molecule has 2 aliphatic carbocycles. The number of rotatable bonds is 7. The van der Waals surface area contributed by atoms with Crippen LogP contribution in [0, 0.1) is 5.92 Å². The standard InChI is InChI=1S/C17H36N2OSi/c1-19(2)15-18-21(3,17-12-8-5-9-13-17)20-14-16-10-6-4-7-11-16/h16-18H,4-15H2,1-3H3. The van der Waals surface area contributed by atoms with E-state index in [0.29, 0.717) is 0 Å². The van der Waals surface area contributed by atoms with Crippen LogP contribution in [-0.2, 0) is 4.43 Å².